The third-order valence-corrected chi connectivity index (χ3v) is 4.89. The zero-order chi connectivity index (χ0) is 19.3. The van der Waals surface area contributed by atoms with Crippen LogP contribution in [0, 0.1) is 13.8 Å². The minimum absolute atomic E-state index is 0.129. The van der Waals surface area contributed by atoms with Crippen LogP contribution in [0.2, 0.25) is 0 Å². The molecule has 0 aliphatic heterocycles. The van der Waals surface area contributed by atoms with Gasteiger partial charge in [-0.2, -0.15) is 4.68 Å². The summed E-state index contributed by atoms with van der Waals surface area (Å²) in [4.78, 5) is 0. The van der Waals surface area contributed by atoms with E-state index in [1.165, 1.54) is 5.56 Å². The zero-order valence-electron chi connectivity index (χ0n) is 16.1. The minimum atomic E-state index is -0.129. The maximum absolute atomic E-state index is 4.40. The second-order valence-corrected chi connectivity index (χ2v) is 6.90. The Labute approximate surface area is 165 Å². The summed E-state index contributed by atoms with van der Waals surface area (Å²) < 4.78 is 1.86. The number of para-hydroxylation sites is 1. The van der Waals surface area contributed by atoms with Crippen molar-refractivity contribution in [2.75, 3.05) is 0 Å². The molecule has 0 fully saturated rings. The quantitative estimate of drug-likeness (QED) is 0.554. The Kier molecular flexibility index (Phi) is 5.26. The van der Waals surface area contributed by atoms with E-state index in [2.05, 4.69) is 89.3 Å². The molecule has 4 rings (SSSR count). The van der Waals surface area contributed by atoms with E-state index in [0.29, 0.717) is 0 Å². The summed E-state index contributed by atoms with van der Waals surface area (Å²) in [6.07, 6.45) is 0. The normalized spacial score (nSPS) is 12.1. The van der Waals surface area contributed by atoms with E-state index in [9.17, 15) is 0 Å². The van der Waals surface area contributed by atoms with Gasteiger partial charge < -0.3 is 0 Å². The minimum Gasteiger partial charge on any atom is -0.299 e. The van der Waals surface area contributed by atoms with Gasteiger partial charge in [-0.05, 0) is 46.5 Å². The van der Waals surface area contributed by atoms with Crippen LogP contribution in [-0.2, 0) is 6.54 Å². The summed E-state index contributed by atoms with van der Waals surface area (Å²) in [5.41, 5.74) is 5.66. The molecule has 1 aromatic heterocycles. The van der Waals surface area contributed by atoms with Crippen molar-refractivity contribution in [1.29, 1.82) is 0 Å². The largest absolute Gasteiger partial charge is 0.299 e. The average Bonchev–Trinajstić information content (AvgIpc) is 3.19. The van der Waals surface area contributed by atoms with Gasteiger partial charge in [0, 0.05) is 6.54 Å². The Hall–Kier alpha value is -3.31. The number of tetrazole rings is 1. The Morgan fingerprint density at radius 3 is 2.14 bits per heavy atom. The summed E-state index contributed by atoms with van der Waals surface area (Å²) in [5, 5.41) is 16.4. The highest BCUT2D eigenvalue weighted by Crippen LogP contribution is 2.25. The van der Waals surface area contributed by atoms with Gasteiger partial charge in [0.2, 0.25) is 0 Å². The topological polar surface area (TPSA) is 55.6 Å². The molecule has 0 radical (unpaired) electrons. The van der Waals surface area contributed by atoms with Gasteiger partial charge in [0.25, 0.3) is 0 Å². The highest BCUT2D eigenvalue weighted by molar-refractivity contribution is 5.47. The van der Waals surface area contributed by atoms with Crippen LogP contribution in [0.25, 0.3) is 5.69 Å². The third-order valence-electron chi connectivity index (χ3n) is 4.89. The molecule has 28 heavy (non-hydrogen) atoms. The van der Waals surface area contributed by atoms with Crippen molar-refractivity contribution in [2.45, 2.75) is 26.4 Å². The molecule has 0 amide bonds. The molecule has 0 saturated carbocycles. The summed E-state index contributed by atoms with van der Waals surface area (Å²) in [7, 11) is 0. The van der Waals surface area contributed by atoms with Crippen LogP contribution in [0.5, 0.6) is 0 Å². The third kappa shape index (κ3) is 3.70. The van der Waals surface area contributed by atoms with E-state index < -0.39 is 0 Å². The van der Waals surface area contributed by atoms with Gasteiger partial charge in [-0.1, -0.05) is 78.9 Å². The first-order chi connectivity index (χ1) is 13.7. The molecule has 0 spiro atoms. The Morgan fingerprint density at radius 1 is 0.821 bits per heavy atom. The highest BCUT2D eigenvalue weighted by atomic mass is 15.5. The fourth-order valence-corrected chi connectivity index (χ4v) is 3.49. The summed E-state index contributed by atoms with van der Waals surface area (Å²) >= 11 is 0. The molecular weight excluding hydrogens is 346 g/mol. The molecule has 3 aromatic carbocycles. The number of hydrogen-bond acceptors (Lipinski definition) is 4. The number of benzene rings is 3. The second-order valence-electron chi connectivity index (χ2n) is 6.90. The maximum atomic E-state index is 4.40. The molecule has 0 saturated heterocycles. The Balaban J connectivity index is 1.75. The van der Waals surface area contributed by atoms with Crippen LogP contribution in [0.15, 0.2) is 78.9 Å². The number of aromatic nitrogens is 4. The molecule has 0 unspecified atom stereocenters. The van der Waals surface area contributed by atoms with E-state index in [0.717, 1.165) is 34.7 Å². The molecule has 4 aromatic rings. The first-order valence-electron chi connectivity index (χ1n) is 9.41. The lowest BCUT2D eigenvalue weighted by Crippen LogP contribution is -2.25. The van der Waals surface area contributed by atoms with Crippen LogP contribution >= 0.6 is 0 Å². The number of hydrogen-bond donors (Lipinski definition) is 1. The van der Waals surface area contributed by atoms with Gasteiger partial charge in [-0.15, -0.1) is 5.10 Å². The van der Waals surface area contributed by atoms with Crippen LogP contribution in [0.1, 0.15) is 34.1 Å². The molecule has 1 atom stereocenters. The van der Waals surface area contributed by atoms with Crippen molar-refractivity contribution >= 4 is 0 Å². The molecule has 5 nitrogen and oxygen atoms in total. The van der Waals surface area contributed by atoms with Gasteiger partial charge in [-0.3, -0.25) is 5.32 Å². The Morgan fingerprint density at radius 2 is 1.46 bits per heavy atom. The van der Waals surface area contributed by atoms with Gasteiger partial charge in [0.1, 0.15) is 0 Å². The van der Waals surface area contributed by atoms with E-state index in [1.807, 2.05) is 28.9 Å². The molecule has 140 valence electrons. The summed E-state index contributed by atoms with van der Waals surface area (Å²) in [6.45, 7) is 4.89. The van der Waals surface area contributed by atoms with Crippen molar-refractivity contribution in [3.8, 4) is 5.69 Å². The molecule has 5 heteroatoms. The number of rotatable bonds is 6. The smallest absolute Gasteiger partial charge is 0.178 e. The van der Waals surface area contributed by atoms with Gasteiger partial charge >= 0.3 is 0 Å². The lowest BCUT2D eigenvalue weighted by atomic mass is 10.0. The predicted octanol–water partition coefficient (Wildman–Crippen LogP) is 4.16. The average molecular weight is 369 g/mol. The van der Waals surface area contributed by atoms with Crippen LogP contribution in [0.3, 0.4) is 0 Å². The molecule has 1 heterocycles. The monoisotopic (exact) mass is 369 g/mol. The maximum Gasteiger partial charge on any atom is 0.178 e. The van der Waals surface area contributed by atoms with Crippen molar-refractivity contribution < 1.29 is 0 Å². The number of nitrogens with one attached hydrogen (secondary N) is 1. The van der Waals surface area contributed by atoms with Gasteiger partial charge in [0.05, 0.1) is 11.7 Å². The van der Waals surface area contributed by atoms with Gasteiger partial charge in [0.15, 0.2) is 5.82 Å². The van der Waals surface area contributed by atoms with Crippen LogP contribution < -0.4 is 5.32 Å². The standard InChI is InChI=1S/C23H23N5/c1-17-10-9-11-18(2)22(17)28-23(25-26-27-28)21(20-14-7-4-8-15-20)24-16-19-12-5-3-6-13-19/h3-15,21,24H,16H2,1-2H3/t21-/m0/s1. The molecule has 1 N–H and O–H groups in total. The SMILES string of the molecule is Cc1cccc(C)c1-n1nnnc1[C@@H](NCc1ccccc1)c1ccccc1. The lowest BCUT2D eigenvalue weighted by molar-refractivity contribution is 0.560. The summed E-state index contributed by atoms with van der Waals surface area (Å²) in [5.74, 6) is 0.777. The van der Waals surface area contributed by atoms with E-state index >= 15 is 0 Å². The number of aryl methyl sites for hydroxylation is 2. The van der Waals surface area contributed by atoms with Crippen LogP contribution in [0.4, 0.5) is 0 Å². The van der Waals surface area contributed by atoms with Crippen molar-refractivity contribution in [2.24, 2.45) is 0 Å². The second kappa shape index (κ2) is 8.15. The molecular formula is C23H23N5. The summed E-state index contributed by atoms with van der Waals surface area (Å²) in [6, 6.07) is 26.8. The molecule has 0 aliphatic carbocycles. The first-order valence-corrected chi connectivity index (χ1v) is 9.41. The predicted molar refractivity (Wildman–Crippen MR) is 110 cm³/mol. The highest BCUT2D eigenvalue weighted by Gasteiger charge is 2.23. The van der Waals surface area contributed by atoms with Crippen molar-refractivity contribution in [1.82, 2.24) is 25.5 Å². The van der Waals surface area contributed by atoms with E-state index in [1.54, 1.807) is 0 Å². The number of nitrogens with zero attached hydrogens (tertiary/aromatic N) is 4. The zero-order valence-corrected chi connectivity index (χ0v) is 16.1. The fraction of sp³-hybridized carbons (Fsp3) is 0.174. The fourth-order valence-electron chi connectivity index (χ4n) is 3.49. The Bertz CT molecular complexity index is 1020. The van der Waals surface area contributed by atoms with Crippen LogP contribution in [-0.4, -0.2) is 20.2 Å². The molecule has 0 bridgehead atoms. The van der Waals surface area contributed by atoms with Crippen molar-refractivity contribution in [3.05, 3.63) is 107 Å². The molecule has 0 aliphatic rings. The van der Waals surface area contributed by atoms with Crippen molar-refractivity contribution in [3.63, 3.8) is 0 Å². The first kappa shape index (κ1) is 18.1. The van der Waals surface area contributed by atoms with Gasteiger partial charge in [-0.25, -0.2) is 0 Å². The van der Waals surface area contributed by atoms with E-state index in [-0.39, 0.29) is 6.04 Å². The lowest BCUT2D eigenvalue weighted by Gasteiger charge is -2.20. The van der Waals surface area contributed by atoms with E-state index in [4.69, 9.17) is 0 Å².